The largest absolute Gasteiger partial charge is 0.348 e. The molecule has 0 bridgehead atoms. The van der Waals surface area contributed by atoms with Gasteiger partial charge < -0.3 is 4.57 Å². The molecule has 1 aliphatic heterocycles. The minimum atomic E-state index is 0.229. The van der Waals surface area contributed by atoms with Gasteiger partial charge >= 0.3 is 0 Å². The number of nitrogens with zero attached hydrogens (tertiary/aromatic N) is 3. The maximum atomic E-state index is 12.2. The summed E-state index contributed by atoms with van der Waals surface area (Å²) in [6.45, 7) is 9.23. The van der Waals surface area contributed by atoms with E-state index in [0.29, 0.717) is 12.6 Å². The molecule has 1 aliphatic rings. The van der Waals surface area contributed by atoms with E-state index in [0.717, 1.165) is 31.9 Å². The van der Waals surface area contributed by atoms with Gasteiger partial charge in [0.1, 0.15) is 0 Å². The highest BCUT2D eigenvalue weighted by Gasteiger charge is 2.27. The Bertz CT molecular complexity index is 423. The second kappa shape index (κ2) is 6.35. The molecule has 0 spiro atoms. The molecule has 2 rings (SSSR count). The highest BCUT2D eigenvalue weighted by atomic mass is 16.1. The van der Waals surface area contributed by atoms with Crippen LogP contribution < -0.4 is 0 Å². The number of likely N-dealkylation sites (N-methyl/N-ethyl adjacent to an activating group) is 1. The fourth-order valence-corrected chi connectivity index (χ4v) is 3.03. The fourth-order valence-electron chi connectivity index (χ4n) is 3.03. The number of rotatable bonds is 6. The van der Waals surface area contributed by atoms with E-state index in [1.54, 1.807) is 0 Å². The van der Waals surface area contributed by atoms with Crippen LogP contribution in [-0.2, 0) is 7.05 Å². The van der Waals surface area contributed by atoms with Crippen LogP contribution in [0.2, 0.25) is 0 Å². The van der Waals surface area contributed by atoms with Gasteiger partial charge in [-0.15, -0.1) is 0 Å². The summed E-state index contributed by atoms with van der Waals surface area (Å²) >= 11 is 0. The van der Waals surface area contributed by atoms with Crippen molar-refractivity contribution in [2.24, 2.45) is 7.05 Å². The van der Waals surface area contributed by atoms with Crippen molar-refractivity contribution >= 4 is 5.78 Å². The molecular weight excluding hydrogens is 238 g/mol. The van der Waals surface area contributed by atoms with Crippen molar-refractivity contribution in [3.8, 4) is 0 Å². The summed E-state index contributed by atoms with van der Waals surface area (Å²) in [6.07, 6.45) is 3.11. The number of carbonyl (C=O) groups excluding carboxylic acids is 1. The molecule has 0 N–H and O–H groups in total. The van der Waals surface area contributed by atoms with E-state index in [2.05, 4.69) is 23.6 Å². The number of hydrogen-bond donors (Lipinski definition) is 0. The Hall–Kier alpha value is -1.13. The lowest BCUT2D eigenvalue weighted by Gasteiger charge is -2.26. The Kier molecular flexibility index (Phi) is 4.77. The Morgan fingerprint density at radius 2 is 2.16 bits per heavy atom. The van der Waals surface area contributed by atoms with Gasteiger partial charge in [-0.25, -0.2) is 0 Å². The van der Waals surface area contributed by atoms with E-state index in [-0.39, 0.29) is 5.78 Å². The van der Waals surface area contributed by atoms with Crippen LogP contribution in [0.3, 0.4) is 0 Å². The first-order valence-corrected chi connectivity index (χ1v) is 7.26. The van der Waals surface area contributed by atoms with Crippen LogP contribution >= 0.6 is 0 Å². The van der Waals surface area contributed by atoms with Crippen molar-refractivity contribution in [2.45, 2.75) is 26.3 Å². The van der Waals surface area contributed by atoms with E-state index in [1.165, 1.54) is 6.42 Å². The SMILES string of the molecule is CCN(CC)C1CCN(CC(=O)c2cccn2C)C1. The molecule has 1 unspecified atom stereocenters. The molecule has 1 fully saturated rings. The average Bonchev–Trinajstić information content (AvgIpc) is 3.00. The highest BCUT2D eigenvalue weighted by molar-refractivity contribution is 5.96. The van der Waals surface area contributed by atoms with Gasteiger partial charge in [-0.2, -0.15) is 0 Å². The van der Waals surface area contributed by atoms with E-state index in [9.17, 15) is 4.79 Å². The van der Waals surface area contributed by atoms with Gasteiger partial charge in [-0.05, 0) is 31.6 Å². The third-order valence-corrected chi connectivity index (χ3v) is 4.17. The smallest absolute Gasteiger partial charge is 0.193 e. The summed E-state index contributed by atoms with van der Waals surface area (Å²) in [7, 11) is 1.93. The van der Waals surface area contributed by atoms with Crippen molar-refractivity contribution < 1.29 is 4.79 Å². The van der Waals surface area contributed by atoms with Crippen LogP contribution in [0.15, 0.2) is 18.3 Å². The predicted octanol–water partition coefficient (Wildman–Crippen LogP) is 1.62. The third-order valence-electron chi connectivity index (χ3n) is 4.17. The van der Waals surface area contributed by atoms with Gasteiger partial charge in [-0.1, -0.05) is 13.8 Å². The molecule has 0 aliphatic carbocycles. The minimum absolute atomic E-state index is 0.229. The molecule has 1 aromatic heterocycles. The molecule has 1 aromatic rings. The third kappa shape index (κ3) is 3.25. The van der Waals surface area contributed by atoms with Crippen LogP contribution in [0.5, 0.6) is 0 Å². The van der Waals surface area contributed by atoms with Gasteiger partial charge in [0.25, 0.3) is 0 Å². The number of carbonyl (C=O) groups is 1. The minimum Gasteiger partial charge on any atom is -0.348 e. The Morgan fingerprint density at radius 3 is 2.74 bits per heavy atom. The molecule has 0 aromatic carbocycles. The van der Waals surface area contributed by atoms with Crippen LogP contribution in [0, 0.1) is 0 Å². The molecule has 2 heterocycles. The van der Waals surface area contributed by atoms with E-state index >= 15 is 0 Å². The van der Waals surface area contributed by atoms with E-state index < -0.39 is 0 Å². The highest BCUT2D eigenvalue weighted by Crippen LogP contribution is 2.16. The molecule has 0 radical (unpaired) electrons. The maximum absolute atomic E-state index is 12.2. The maximum Gasteiger partial charge on any atom is 0.193 e. The zero-order valence-corrected chi connectivity index (χ0v) is 12.3. The molecule has 4 nitrogen and oxygen atoms in total. The Morgan fingerprint density at radius 1 is 1.42 bits per heavy atom. The molecule has 1 saturated heterocycles. The zero-order valence-electron chi connectivity index (χ0n) is 12.3. The topological polar surface area (TPSA) is 28.5 Å². The van der Waals surface area contributed by atoms with Crippen molar-refractivity contribution in [2.75, 3.05) is 32.7 Å². The summed E-state index contributed by atoms with van der Waals surface area (Å²) in [5, 5.41) is 0. The molecule has 106 valence electrons. The van der Waals surface area contributed by atoms with Gasteiger partial charge in [-0.3, -0.25) is 14.6 Å². The van der Waals surface area contributed by atoms with E-state index in [1.807, 2.05) is 29.9 Å². The van der Waals surface area contributed by atoms with Crippen molar-refractivity contribution in [3.63, 3.8) is 0 Å². The molecule has 1 atom stereocenters. The number of hydrogen-bond acceptors (Lipinski definition) is 3. The Balaban J connectivity index is 1.88. The quantitative estimate of drug-likeness (QED) is 0.730. The summed E-state index contributed by atoms with van der Waals surface area (Å²) in [5.74, 6) is 0.229. The number of aryl methyl sites for hydroxylation is 1. The first-order valence-electron chi connectivity index (χ1n) is 7.26. The van der Waals surface area contributed by atoms with Gasteiger partial charge in [0.15, 0.2) is 5.78 Å². The zero-order chi connectivity index (χ0) is 13.8. The lowest BCUT2D eigenvalue weighted by Crippen LogP contribution is -2.38. The summed E-state index contributed by atoms with van der Waals surface area (Å²) in [4.78, 5) is 17.0. The van der Waals surface area contributed by atoms with Gasteiger partial charge in [0, 0.05) is 32.4 Å². The lowest BCUT2D eigenvalue weighted by molar-refractivity contribution is 0.0931. The van der Waals surface area contributed by atoms with Crippen molar-refractivity contribution in [1.29, 1.82) is 0 Å². The van der Waals surface area contributed by atoms with Crippen LogP contribution in [0.4, 0.5) is 0 Å². The summed E-state index contributed by atoms with van der Waals surface area (Å²) in [5.41, 5.74) is 0.811. The normalized spacial score (nSPS) is 20.3. The number of likely N-dealkylation sites (tertiary alicyclic amines) is 1. The molecule has 0 saturated carbocycles. The van der Waals surface area contributed by atoms with Gasteiger partial charge in [0.05, 0.1) is 12.2 Å². The number of aromatic nitrogens is 1. The predicted molar refractivity (Wildman–Crippen MR) is 77.5 cm³/mol. The average molecular weight is 263 g/mol. The fraction of sp³-hybridized carbons (Fsp3) is 0.667. The monoisotopic (exact) mass is 263 g/mol. The van der Waals surface area contributed by atoms with Crippen molar-refractivity contribution in [3.05, 3.63) is 24.0 Å². The first kappa shape index (κ1) is 14.3. The van der Waals surface area contributed by atoms with Crippen molar-refractivity contribution in [1.82, 2.24) is 14.4 Å². The first-order chi connectivity index (χ1) is 9.15. The van der Waals surface area contributed by atoms with Crippen LogP contribution in [0.1, 0.15) is 30.8 Å². The molecule has 19 heavy (non-hydrogen) atoms. The Labute approximate surface area is 116 Å². The second-order valence-corrected chi connectivity index (χ2v) is 5.33. The number of ketones is 1. The van der Waals surface area contributed by atoms with Crippen LogP contribution in [0.25, 0.3) is 0 Å². The standard InChI is InChI=1S/C15H25N3O/c1-4-18(5-2)13-8-10-17(11-13)12-15(19)14-7-6-9-16(14)3/h6-7,9,13H,4-5,8,10-12H2,1-3H3. The summed E-state index contributed by atoms with van der Waals surface area (Å²) in [6, 6.07) is 4.45. The van der Waals surface area contributed by atoms with Gasteiger partial charge in [0.2, 0.25) is 0 Å². The van der Waals surface area contributed by atoms with Crippen LogP contribution in [-0.4, -0.2) is 58.9 Å². The molecular formula is C15H25N3O. The van der Waals surface area contributed by atoms with E-state index in [4.69, 9.17) is 0 Å². The molecule has 4 heteroatoms. The molecule has 0 amide bonds. The number of Topliss-reactive ketones (excluding diaryl/α,β-unsaturated/α-hetero) is 1. The summed E-state index contributed by atoms with van der Waals surface area (Å²) < 4.78 is 1.90. The second-order valence-electron chi connectivity index (χ2n) is 5.33. The lowest BCUT2D eigenvalue weighted by atomic mass is 10.2.